The highest BCUT2D eigenvalue weighted by Gasteiger charge is 2.15. The van der Waals surface area contributed by atoms with E-state index < -0.39 is 11.9 Å². The molecule has 3 aromatic carbocycles. The maximum Gasteiger partial charge on any atom is 0.266 e. The smallest absolute Gasteiger partial charge is 0.266 e. The van der Waals surface area contributed by atoms with Crippen molar-refractivity contribution < 1.29 is 19.4 Å². The van der Waals surface area contributed by atoms with Gasteiger partial charge in [0.2, 0.25) is 0 Å². The van der Waals surface area contributed by atoms with Crippen LogP contribution in [-0.2, 0) is 4.79 Å². The molecule has 0 atom stereocenters. The van der Waals surface area contributed by atoms with Gasteiger partial charge in [0.15, 0.2) is 5.16 Å². The number of carbonyl (C=O) groups is 2. The Morgan fingerprint density at radius 2 is 1.80 bits per heavy atom. The van der Waals surface area contributed by atoms with Crippen LogP contribution in [0.3, 0.4) is 0 Å². The summed E-state index contributed by atoms with van der Waals surface area (Å²) < 4.78 is 6.64. The first-order valence-electron chi connectivity index (χ1n) is 10.4. The Bertz CT molecular complexity index is 1480. The molecule has 0 spiro atoms. The van der Waals surface area contributed by atoms with E-state index in [2.05, 4.69) is 15.5 Å². The summed E-state index contributed by atoms with van der Waals surface area (Å²) in [6, 6.07) is 20.1. The fourth-order valence-corrected chi connectivity index (χ4v) is 4.10. The molecule has 0 aliphatic carbocycles. The first-order valence-corrected chi connectivity index (χ1v) is 11.4. The van der Waals surface area contributed by atoms with E-state index in [4.69, 9.17) is 4.74 Å². The molecule has 0 aliphatic rings. The molecule has 176 valence electrons. The van der Waals surface area contributed by atoms with Crippen LogP contribution in [0.4, 0.5) is 0 Å². The molecule has 0 unspecified atom stereocenters. The maximum atomic E-state index is 13.3. The summed E-state index contributed by atoms with van der Waals surface area (Å²) in [5.74, 6) is -1.24. The molecule has 1 heterocycles. The molecule has 0 bridgehead atoms. The average Bonchev–Trinajstić information content (AvgIpc) is 2.88. The van der Waals surface area contributed by atoms with Crippen molar-refractivity contribution in [3.05, 3.63) is 94.3 Å². The van der Waals surface area contributed by atoms with Crippen molar-refractivity contribution in [1.82, 2.24) is 15.0 Å². The zero-order valence-electron chi connectivity index (χ0n) is 18.5. The number of hydrogen-bond donors (Lipinski definition) is 1. The maximum absolute atomic E-state index is 13.3. The number of nitrogens with one attached hydrogen (secondary N) is 1. The summed E-state index contributed by atoms with van der Waals surface area (Å²) in [6.07, 6.45) is 1.23. The number of nitrogens with zero attached hydrogens (tertiary/aromatic N) is 3. The summed E-state index contributed by atoms with van der Waals surface area (Å²) in [4.78, 5) is 41.4. The van der Waals surface area contributed by atoms with Crippen LogP contribution < -0.4 is 20.8 Å². The lowest BCUT2D eigenvalue weighted by atomic mass is 10.1. The molecule has 0 saturated heterocycles. The lowest BCUT2D eigenvalue weighted by Gasteiger charge is -2.13. The van der Waals surface area contributed by atoms with Crippen molar-refractivity contribution in [3.63, 3.8) is 0 Å². The Labute approximate surface area is 204 Å². The van der Waals surface area contributed by atoms with Gasteiger partial charge in [-0.05, 0) is 36.4 Å². The van der Waals surface area contributed by atoms with Crippen LogP contribution in [0.2, 0.25) is 0 Å². The van der Waals surface area contributed by atoms with E-state index in [0.29, 0.717) is 33.1 Å². The third-order valence-electron chi connectivity index (χ3n) is 4.98. The Balaban J connectivity index is 1.56. The van der Waals surface area contributed by atoms with Crippen LogP contribution in [0.1, 0.15) is 15.9 Å². The molecular formula is C25H19N4O5S-. The van der Waals surface area contributed by atoms with Gasteiger partial charge in [-0.25, -0.2) is 10.4 Å². The molecule has 0 saturated carbocycles. The van der Waals surface area contributed by atoms with Crippen molar-refractivity contribution in [1.29, 1.82) is 0 Å². The fraction of sp³-hybridized carbons (Fsp3) is 0.0800. The SMILES string of the molecule is COc1ccc(-n2c(SCC(=O)N/N=C\c3ccccc3C(=O)[O-])nc3ccccc3c2=O)cc1. The number of benzene rings is 3. The van der Waals surface area contributed by atoms with E-state index in [1.807, 2.05) is 0 Å². The Morgan fingerprint density at radius 3 is 2.54 bits per heavy atom. The van der Waals surface area contributed by atoms with Gasteiger partial charge in [0.1, 0.15) is 5.75 Å². The predicted molar refractivity (Wildman–Crippen MR) is 131 cm³/mol. The molecule has 1 N–H and O–H groups in total. The predicted octanol–water partition coefficient (Wildman–Crippen LogP) is 2.00. The first kappa shape index (κ1) is 23.7. The van der Waals surface area contributed by atoms with Crippen molar-refractivity contribution in [2.24, 2.45) is 5.10 Å². The fourth-order valence-electron chi connectivity index (χ4n) is 3.30. The second-order valence-electron chi connectivity index (χ2n) is 7.21. The van der Waals surface area contributed by atoms with Crippen LogP contribution in [0.25, 0.3) is 16.6 Å². The summed E-state index contributed by atoms with van der Waals surface area (Å²) in [7, 11) is 1.55. The van der Waals surface area contributed by atoms with E-state index in [-0.39, 0.29) is 16.9 Å². The number of ether oxygens (including phenoxy) is 1. The number of methoxy groups -OCH3 is 1. The summed E-state index contributed by atoms with van der Waals surface area (Å²) in [5, 5.41) is 15.8. The molecule has 1 aromatic heterocycles. The molecule has 35 heavy (non-hydrogen) atoms. The van der Waals surface area contributed by atoms with Gasteiger partial charge < -0.3 is 14.6 Å². The second kappa shape index (κ2) is 10.7. The number of carboxylic acids is 1. The molecule has 0 aliphatic heterocycles. The van der Waals surface area contributed by atoms with Gasteiger partial charge in [-0.15, -0.1) is 0 Å². The Morgan fingerprint density at radius 1 is 1.09 bits per heavy atom. The van der Waals surface area contributed by atoms with Gasteiger partial charge in [-0.3, -0.25) is 14.2 Å². The number of para-hydroxylation sites is 1. The quantitative estimate of drug-likeness (QED) is 0.174. The third-order valence-corrected chi connectivity index (χ3v) is 5.92. The standard InChI is InChI=1S/C25H20N4O5S/c1-34-18-12-10-17(11-13-18)29-23(31)20-8-4-5-9-21(20)27-25(29)35-15-22(30)28-26-14-16-6-2-3-7-19(16)24(32)33/h2-14H,15H2,1H3,(H,28,30)(H,32,33)/p-1/b26-14-. The van der Waals surface area contributed by atoms with Gasteiger partial charge >= 0.3 is 0 Å². The summed E-state index contributed by atoms with van der Waals surface area (Å²) in [5.41, 5.74) is 3.45. The largest absolute Gasteiger partial charge is 0.545 e. The van der Waals surface area contributed by atoms with E-state index in [1.165, 1.54) is 16.8 Å². The molecular weight excluding hydrogens is 468 g/mol. The highest BCUT2D eigenvalue weighted by molar-refractivity contribution is 7.99. The Kier molecular flexibility index (Phi) is 7.22. The molecule has 4 aromatic rings. The van der Waals surface area contributed by atoms with Crippen molar-refractivity contribution in [2.45, 2.75) is 5.16 Å². The number of hydrazone groups is 1. The van der Waals surface area contributed by atoms with Crippen molar-refractivity contribution in [2.75, 3.05) is 12.9 Å². The zero-order chi connectivity index (χ0) is 24.8. The van der Waals surface area contributed by atoms with Crippen LogP contribution >= 0.6 is 11.8 Å². The molecule has 4 rings (SSSR count). The van der Waals surface area contributed by atoms with Crippen molar-refractivity contribution >= 4 is 40.8 Å². The number of fused-ring (bicyclic) bond motifs is 1. The molecule has 9 nitrogen and oxygen atoms in total. The lowest BCUT2D eigenvalue weighted by molar-refractivity contribution is -0.255. The van der Waals surface area contributed by atoms with Gasteiger partial charge in [-0.2, -0.15) is 5.10 Å². The molecule has 1 amide bonds. The number of aromatic nitrogens is 2. The van der Waals surface area contributed by atoms with E-state index in [9.17, 15) is 19.5 Å². The number of thioether (sulfide) groups is 1. The van der Waals surface area contributed by atoms with Crippen LogP contribution in [0.5, 0.6) is 5.75 Å². The van der Waals surface area contributed by atoms with E-state index >= 15 is 0 Å². The highest BCUT2D eigenvalue weighted by atomic mass is 32.2. The normalized spacial score (nSPS) is 11.0. The van der Waals surface area contributed by atoms with Gasteiger partial charge in [0, 0.05) is 11.1 Å². The Hall–Kier alpha value is -4.44. The van der Waals surface area contributed by atoms with Crippen LogP contribution in [0, 0.1) is 0 Å². The number of carboxylic acid groups (broad SMARTS) is 1. The van der Waals surface area contributed by atoms with Crippen LogP contribution in [0.15, 0.2) is 87.8 Å². The summed E-state index contributed by atoms with van der Waals surface area (Å²) >= 11 is 1.07. The van der Waals surface area contributed by atoms with Gasteiger partial charge in [0.05, 0.1) is 41.6 Å². The number of carbonyl (C=O) groups excluding carboxylic acids is 2. The topological polar surface area (TPSA) is 126 Å². The average molecular weight is 488 g/mol. The zero-order valence-corrected chi connectivity index (χ0v) is 19.3. The first-order chi connectivity index (χ1) is 17.0. The lowest BCUT2D eigenvalue weighted by Crippen LogP contribution is -2.25. The number of hydrogen-bond acceptors (Lipinski definition) is 8. The summed E-state index contributed by atoms with van der Waals surface area (Å²) in [6.45, 7) is 0. The molecule has 10 heteroatoms. The molecule has 0 fully saturated rings. The number of rotatable bonds is 8. The van der Waals surface area contributed by atoms with Gasteiger partial charge in [0.25, 0.3) is 11.5 Å². The van der Waals surface area contributed by atoms with Crippen LogP contribution in [-0.4, -0.2) is 40.5 Å². The van der Waals surface area contributed by atoms with E-state index in [0.717, 1.165) is 11.8 Å². The third kappa shape index (κ3) is 5.39. The second-order valence-corrected chi connectivity index (χ2v) is 8.15. The van der Waals surface area contributed by atoms with Crippen molar-refractivity contribution in [3.8, 4) is 11.4 Å². The minimum Gasteiger partial charge on any atom is -0.545 e. The van der Waals surface area contributed by atoms with Gasteiger partial charge in [-0.1, -0.05) is 48.2 Å². The monoisotopic (exact) mass is 487 g/mol. The molecule has 0 radical (unpaired) electrons. The minimum absolute atomic E-state index is 0.0382. The number of aromatic carboxylic acids is 1. The minimum atomic E-state index is -1.34. The number of amides is 1. The highest BCUT2D eigenvalue weighted by Crippen LogP contribution is 2.22. The van der Waals surface area contributed by atoms with E-state index in [1.54, 1.807) is 73.8 Å².